The number of carbonyl (C=O) groups is 1. The Hall–Kier alpha value is -1.96. The van der Waals surface area contributed by atoms with Gasteiger partial charge in [-0.3, -0.25) is 14.9 Å². The molecular formula is C11H14N2O5S. The lowest BCUT2D eigenvalue weighted by Crippen LogP contribution is -2.38. The predicted octanol–water partition coefficient (Wildman–Crippen LogP) is 1.02. The summed E-state index contributed by atoms with van der Waals surface area (Å²) >= 11 is 0. The fraction of sp³-hybridized carbons (Fsp3) is 0.364. The van der Waals surface area contributed by atoms with Gasteiger partial charge < -0.3 is 5.32 Å². The summed E-state index contributed by atoms with van der Waals surface area (Å²) in [5, 5.41) is 12.1. The first-order valence-electron chi connectivity index (χ1n) is 5.38. The second-order valence-electron chi connectivity index (χ2n) is 4.17. The largest absolute Gasteiger partial charge is 0.335 e. The third kappa shape index (κ3) is 3.50. The number of nitrogens with zero attached hydrogens (tertiary/aromatic N) is 1. The molecule has 0 aromatic heterocycles. The van der Waals surface area contributed by atoms with E-state index in [1.807, 2.05) is 0 Å². The maximum atomic E-state index is 11.9. The maximum Gasteiger partial charge on any atom is 0.285 e. The van der Waals surface area contributed by atoms with Crippen molar-refractivity contribution in [2.24, 2.45) is 0 Å². The molecule has 0 heterocycles. The van der Waals surface area contributed by atoms with Gasteiger partial charge in [-0.05, 0) is 19.9 Å². The average Bonchev–Trinajstić information content (AvgIpc) is 2.26. The molecule has 1 N–H and O–H groups in total. The number of aryl methyl sites for hydroxylation is 1. The van der Waals surface area contributed by atoms with Crippen molar-refractivity contribution in [1.29, 1.82) is 0 Å². The van der Waals surface area contributed by atoms with Crippen molar-refractivity contribution in [2.45, 2.75) is 19.2 Å². The normalized spacial score (nSPS) is 12.8. The summed E-state index contributed by atoms with van der Waals surface area (Å²) < 4.78 is 22.5. The van der Waals surface area contributed by atoms with Crippen molar-refractivity contribution in [2.75, 3.05) is 6.26 Å². The Balaban J connectivity index is 3.15. The van der Waals surface area contributed by atoms with E-state index in [1.54, 1.807) is 0 Å². The minimum atomic E-state index is -3.45. The molecule has 0 aliphatic carbocycles. The van der Waals surface area contributed by atoms with Crippen LogP contribution in [-0.2, 0) is 9.84 Å². The van der Waals surface area contributed by atoms with E-state index in [-0.39, 0.29) is 11.3 Å². The van der Waals surface area contributed by atoms with Gasteiger partial charge in [0.25, 0.3) is 11.6 Å². The zero-order valence-electron chi connectivity index (χ0n) is 10.7. The molecule has 0 saturated carbocycles. The summed E-state index contributed by atoms with van der Waals surface area (Å²) in [6.07, 6.45) is 0.975. The number of amides is 1. The molecule has 0 aliphatic heterocycles. The van der Waals surface area contributed by atoms with Crippen LogP contribution >= 0.6 is 0 Å². The second-order valence-corrected chi connectivity index (χ2v) is 6.54. The van der Waals surface area contributed by atoms with Gasteiger partial charge in [0.1, 0.15) is 10.9 Å². The second kappa shape index (κ2) is 5.35. The van der Waals surface area contributed by atoms with Crippen molar-refractivity contribution in [3.05, 3.63) is 39.4 Å². The van der Waals surface area contributed by atoms with Crippen molar-refractivity contribution in [3.63, 3.8) is 0 Å². The Morgan fingerprint density at radius 3 is 2.47 bits per heavy atom. The molecule has 8 heteroatoms. The third-order valence-electron chi connectivity index (χ3n) is 2.64. The lowest BCUT2D eigenvalue weighted by Gasteiger charge is -2.12. The molecule has 19 heavy (non-hydrogen) atoms. The zero-order valence-corrected chi connectivity index (χ0v) is 11.5. The van der Waals surface area contributed by atoms with E-state index < -0.39 is 26.0 Å². The number of hydrogen-bond acceptors (Lipinski definition) is 5. The van der Waals surface area contributed by atoms with E-state index >= 15 is 0 Å². The summed E-state index contributed by atoms with van der Waals surface area (Å²) in [5.41, 5.74) is -0.133. The molecule has 1 unspecified atom stereocenters. The first-order valence-corrected chi connectivity index (χ1v) is 7.33. The highest BCUT2D eigenvalue weighted by atomic mass is 32.2. The SMILES string of the molecule is Cc1cccc(C(=O)NC(C)S(C)(=O)=O)c1[N+](=O)[O-]. The van der Waals surface area contributed by atoms with Gasteiger partial charge in [-0.1, -0.05) is 12.1 Å². The van der Waals surface area contributed by atoms with Crippen LogP contribution in [0, 0.1) is 17.0 Å². The van der Waals surface area contributed by atoms with Crippen LogP contribution in [0.5, 0.6) is 0 Å². The molecule has 0 saturated heterocycles. The smallest absolute Gasteiger partial charge is 0.285 e. The first kappa shape index (κ1) is 15.1. The Morgan fingerprint density at radius 2 is 2.00 bits per heavy atom. The minimum absolute atomic E-state index is 0.152. The highest BCUT2D eigenvalue weighted by molar-refractivity contribution is 7.91. The molecule has 0 spiro atoms. The molecule has 1 aromatic rings. The Kier molecular flexibility index (Phi) is 4.25. The average molecular weight is 286 g/mol. The van der Waals surface area contributed by atoms with E-state index in [1.165, 1.54) is 32.0 Å². The molecule has 0 bridgehead atoms. The van der Waals surface area contributed by atoms with E-state index in [9.17, 15) is 23.3 Å². The monoisotopic (exact) mass is 286 g/mol. The van der Waals surface area contributed by atoms with Crippen molar-refractivity contribution < 1.29 is 18.1 Å². The summed E-state index contributed by atoms with van der Waals surface area (Å²) in [4.78, 5) is 22.2. The summed E-state index contributed by atoms with van der Waals surface area (Å²) in [6, 6.07) is 4.30. The van der Waals surface area contributed by atoms with E-state index in [2.05, 4.69) is 5.32 Å². The highest BCUT2D eigenvalue weighted by Crippen LogP contribution is 2.23. The number of nitro benzene ring substituents is 1. The molecule has 1 amide bonds. The van der Waals surface area contributed by atoms with Crippen molar-refractivity contribution in [3.8, 4) is 0 Å². The van der Waals surface area contributed by atoms with Crippen LogP contribution in [-0.4, -0.2) is 30.9 Å². The number of sulfone groups is 1. The number of para-hydroxylation sites is 1. The van der Waals surface area contributed by atoms with Crippen LogP contribution < -0.4 is 5.32 Å². The standard InChI is InChI=1S/C11H14N2O5S/c1-7-5-4-6-9(10(7)13(15)16)11(14)12-8(2)19(3,17)18/h4-6,8H,1-3H3,(H,12,14). The predicted molar refractivity (Wildman–Crippen MR) is 69.6 cm³/mol. The molecule has 104 valence electrons. The van der Waals surface area contributed by atoms with Gasteiger partial charge in [0, 0.05) is 11.8 Å². The van der Waals surface area contributed by atoms with Gasteiger partial charge in [-0.15, -0.1) is 0 Å². The molecular weight excluding hydrogens is 272 g/mol. The molecule has 0 aliphatic rings. The lowest BCUT2D eigenvalue weighted by molar-refractivity contribution is -0.385. The quantitative estimate of drug-likeness (QED) is 0.657. The number of nitrogens with one attached hydrogen (secondary N) is 1. The van der Waals surface area contributed by atoms with E-state index in [0.29, 0.717) is 5.56 Å². The maximum absolute atomic E-state index is 11.9. The van der Waals surface area contributed by atoms with Gasteiger partial charge >= 0.3 is 0 Å². The van der Waals surface area contributed by atoms with Crippen LogP contribution in [0.3, 0.4) is 0 Å². The molecule has 1 atom stereocenters. The Labute approximate surface area is 110 Å². The molecule has 7 nitrogen and oxygen atoms in total. The van der Waals surface area contributed by atoms with Crippen LogP contribution in [0.4, 0.5) is 5.69 Å². The van der Waals surface area contributed by atoms with Crippen LogP contribution in [0.1, 0.15) is 22.8 Å². The van der Waals surface area contributed by atoms with Crippen molar-refractivity contribution >= 4 is 21.4 Å². The number of nitro groups is 1. The van der Waals surface area contributed by atoms with Crippen LogP contribution in [0.2, 0.25) is 0 Å². The molecule has 1 rings (SSSR count). The van der Waals surface area contributed by atoms with Gasteiger partial charge in [0.15, 0.2) is 9.84 Å². The molecule has 1 aromatic carbocycles. The van der Waals surface area contributed by atoms with Crippen molar-refractivity contribution in [1.82, 2.24) is 5.32 Å². The van der Waals surface area contributed by atoms with Gasteiger partial charge in [-0.25, -0.2) is 8.42 Å². The number of benzene rings is 1. The Morgan fingerprint density at radius 1 is 1.42 bits per heavy atom. The third-order valence-corrected chi connectivity index (χ3v) is 4.04. The fourth-order valence-electron chi connectivity index (χ4n) is 1.45. The molecule has 0 fully saturated rings. The summed E-state index contributed by atoms with van der Waals surface area (Å²) in [7, 11) is -3.45. The minimum Gasteiger partial charge on any atom is -0.335 e. The number of rotatable bonds is 4. The fourth-order valence-corrected chi connectivity index (χ4v) is 1.78. The summed E-state index contributed by atoms with van der Waals surface area (Å²) in [6.45, 7) is 2.81. The Bertz CT molecular complexity index is 624. The number of hydrogen-bond donors (Lipinski definition) is 1. The number of carbonyl (C=O) groups excluding carboxylic acids is 1. The van der Waals surface area contributed by atoms with Gasteiger partial charge in [0.2, 0.25) is 0 Å². The molecule has 0 radical (unpaired) electrons. The topological polar surface area (TPSA) is 106 Å². The lowest BCUT2D eigenvalue weighted by atomic mass is 10.1. The highest BCUT2D eigenvalue weighted by Gasteiger charge is 2.25. The van der Waals surface area contributed by atoms with Gasteiger partial charge in [0.05, 0.1) is 4.92 Å². The van der Waals surface area contributed by atoms with E-state index in [4.69, 9.17) is 0 Å². The van der Waals surface area contributed by atoms with E-state index in [0.717, 1.165) is 6.26 Å². The van der Waals surface area contributed by atoms with Crippen LogP contribution in [0.15, 0.2) is 18.2 Å². The van der Waals surface area contributed by atoms with Gasteiger partial charge in [-0.2, -0.15) is 0 Å². The zero-order chi connectivity index (χ0) is 14.8. The summed E-state index contributed by atoms with van der Waals surface area (Å²) in [5.74, 6) is -0.784. The van der Waals surface area contributed by atoms with Crippen LogP contribution in [0.25, 0.3) is 0 Å². The first-order chi connectivity index (χ1) is 8.64.